The van der Waals surface area contributed by atoms with Crippen LogP contribution in [0.5, 0.6) is 0 Å². The van der Waals surface area contributed by atoms with Crippen molar-refractivity contribution < 1.29 is 17.7 Å². The van der Waals surface area contributed by atoms with E-state index in [0.29, 0.717) is 21.1 Å². The largest absolute Gasteiger partial charge is 0.419 e. The molecule has 0 saturated heterocycles. The minimum atomic E-state index is -4.56. The summed E-state index contributed by atoms with van der Waals surface area (Å²) in [6, 6.07) is 8.93. The van der Waals surface area contributed by atoms with Gasteiger partial charge in [-0.05, 0) is 36.4 Å². The molecule has 2 aromatic carbocycles. The molecule has 4 aromatic rings. The summed E-state index contributed by atoms with van der Waals surface area (Å²) in [5.41, 5.74) is 5.18. The van der Waals surface area contributed by atoms with E-state index in [0.717, 1.165) is 0 Å². The Labute approximate surface area is 166 Å². The van der Waals surface area contributed by atoms with Crippen LogP contribution in [0.1, 0.15) is 11.4 Å². The van der Waals surface area contributed by atoms with Gasteiger partial charge in [-0.3, -0.25) is 0 Å². The molecule has 0 bridgehead atoms. The van der Waals surface area contributed by atoms with E-state index in [1.54, 1.807) is 22.8 Å². The van der Waals surface area contributed by atoms with Crippen LogP contribution >= 0.6 is 23.2 Å². The minimum absolute atomic E-state index is 0.00843. The van der Waals surface area contributed by atoms with Crippen molar-refractivity contribution >= 4 is 39.8 Å². The second-order valence-electron chi connectivity index (χ2n) is 6.04. The minimum Gasteiger partial charge on any atom is -0.398 e. The summed E-state index contributed by atoms with van der Waals surface area (Å²) in [7, 11) is 0. The number of nitrogen functional groups attached to an aromatic ring is 1. The number of fused-ring (bicyclic) bond motifs is 1. The molecule has 0 amide bonds. The van der Waals surface area contributed by atoms with Crippen LogP contribution in [0.15, 0.2) is 47.1 Å². The summed E-state index contributed by atoms with van der Waals surface area (Å²) in [6.07, 6.45) is -3.04. The van der Waals surface area contributed by atoms with E-state index >= 15 is 0 Å². The van der Waals surface area contributed by atoms with Crippen molar-refractivity contribution in [3.8, 4) is 11.5 Å². The fraction of sp³-hybridized carbons (Fsp3) is 0.111. The summed E-state index contributed by atoms with van der Waals surface area (Å²) >= 11 is 12.1. The second kappa shape index (κ2) is 6.72. The molecule has 10 heteroatoms. The average molecular weight is 427 g/mol. The van der Waals surface area contributed by atoms with Crippen LogP contribution < -0.4 is 5.73 Å². The van der Waals surface area contributed by atoms with E-state index in [9.17, 15) is 13.2 Å². The normalized spacial score (nSPS) is 12.0. The highest BCUT2D eigenvalue weighted by Crippen LogP contribution is 2.39. The van der Waals surface area contributed by atoms with Crippen molar-refractivity contribution in [3.63, 3.8) is 0 Å². The van der Waals surface area contributed by atoms with Crippen LogP contribution in [-0.4, -0.2) is 14.7 Å². The Morgan fingerprint density at radius 2 is 1.89 bits per heavy atom. The third kappa shape index (κ3) is 3.29. The number of aromatic nitrogens is 3. The van der Waals surface area contributed by atoms with Crippen LogP contribution in [0.4, 0.5) is 18.9 Å². The van der Waals surface area contributed by atoms with E-state index in [1.165, 1.54) is 24.4 Å². The van der Waals surface area contributed by atoms with Gasteiger partial charge in [0.25, 0.3) is 5.89 Å². The number of alkyl halides is 3. The monoisotopic (exact) mass is 426 g/mol. The quantitative estimate of drug-likeness (QED) is 0.429. The van der Waals surface area contributed by atoms with Gasteiger partial charge in [0, 0.05) is 27.8 Å². The first-order chi connectivity index (χ1) is 13.2. The van der Waals surface area contributed by atoms with E-state index in [4.69, 9.17) is 33.5 Å². The lowest BCUT2D eigenvalue weighted by Crippen LogP contribution is -2.09. The van der Waals surface area contributed by atoms with Crippen molar-refractivity contribution in [2.45, 2.75) is 12.7 Å². The van der Waals surface area contributed by atoms with Crippen molar-refractivity contribution in [2.24, 2.45) is 0 Å². The summed E-state index contributed by atoms with van der Waals surface area (Å²) in [4.78, 5) is 4.26. The van der Waals surface area contributed by atoms with E-state index in [-0.39, 0.29) is 29.3 Å². The van der Waals surface area contributed by atoms with E-state index in [2.05, 4.69) is 10.1 Å². The Kier molecular flexibility index (Phi) is 4.47. The first-order valence-corrected chi connectivity index (χ1v) is 8.72. The lowest BCUT2D eigenvalue weighted by Gasteiger charge is -2.12. The number of benzene rings is 2. The first kappa shape index (κ1) is 18.6. The van der Waals surface area contributed by atoms with Crippen LogP contribution in [0.2, 0.25) is 10.0 Å². The van der Waals surface area contributed by atoms with Gasteiger partial charge in [0.1, 0.15) is 0 Å². The molecule has 5 nitrogen and oxygen atoms in total. The summed E-state index contributed by atoms with van der Waals surface area (Å²) < 4.78 is 46.8. The molecule has 2 aromatic heterocycles. The Bertz CT molecular complexity index is 1180. The van der Waals surface area contributed by atoms with Gasteiger partial charge in [-0.1, -0.05) is 28.4 Å². The van der Waals surface area contributed by atoms with Gasteiger partial charge in [0.2, 0.25) is 0 Å². The lowest BCUT2D eigenvalue weighted by molar-refractivity contribution is -0.135. The predicted molar refractivity (Wildman–Crippen MR) is 100 cm³/mol. The number of nitrogens with two attached hydrogens (primary N) is 1. The van der Waals surface area contributed by atoms with Gasteiger partial charge < -0.3 is 14.8 Å². The molecule has 0 aliphatic carbocycles. The molecule has 0 unspecified atom stereocenters. The molecule has 4 rings (SSSR count). The molecule has 0 spiro atoms. The van der Waals surface area contributed by atoms with Gasteiger partial charge in [0.15, 0.2) is 5.82 Å². The number of anilines is 1. The number of halogens is 5. The van der Waals surface area contributed by atoms with Crippen LogP contribution in [0.25, 0.3) is 22.4 Å². The molecule has 2 N–H and O–H groups in total. The SMILES string of the molecule is Nc1ccc2c(ccn2Cc2noc(-c3cc(Cl)ccc3Cl)n2)c1C(F)(F)F. The van der Waals surface area contributed by atoms with Gasteiger partial charge in [-0.2, -0.15) is 18.2 Å². The van der Waals surface area contributed by atoms with Crippen molar-refractivity contribution in [3.05, 3.63) is 64.0 Å². The standard InChI is InChI=1S/C18H11Cl2F3N4O/c19-9-1-2-12(20)11(7-9)17-25-15(26-28-17)8-27-6-5-10-14(27)4-3-13(24)16(10)18(21,22)23/h1-7H,8,24H2. The Morgan fingerprint density at radius 1 is 1.11 bits per heavy atom. The van der Waals surface area contributed by atoms with Gasteiger partial charge in [0.05, 0.1) is 22.7 Å². The highest BCUT2D eigenvalue weighted by Gasteiger charge is 2.35. The highest BCUT2D eigenvalue weighted by atomic mass is 35.5. The van der Waals surface area contributed by atoms with Crippen molar-refractivity contribution in [1.29, 1.82) is 0 Å². The molecule has 0 aliphatic rings. The van der Waals surface area contributed by atoms with Gasteiger partial charge in [-0.25, -0.2) is 0 Å². The molecule has 0 radical (unpaired) electrons. The predicted octanol–water partition coefficient (Wildman–Crippen LogP) is 5.65. The van der Waals surface area contributed by atoms with Crippen molar-refractivity contribution in [1.82, 2.24) is 14.7 Å². The lowest BCUT2D eigenvalue weighted by atomic mass is 10.1. The van der Waals surface area contributed by atoms with E-state index < -0.39 is 11.7 Å². The number of hydrogen-bond acceptors (Lipinski definition) is 4. The molecular formula is C18H11Cl2F3N4O. The third-order valence-corrected chi connectivity index (χ3v) is 4.77. The van der Waals surface area contributed by atoms with Crippen LogP contribution in [0, 0.1) is 0 Å². The highest BCUT2D eigenvalue weighted by molar-refractivity contribution is 6.35. The zero-order valence-electron chi connectivity index (χ0n) is 14.0. The van der Waals surface area contributed by atoms with Crippen molar-refractivity contribution in [2.75, 3.05) is 5.73 Å². The summed E-state index contributed by atoms with van der Waals surface area (Å²) in [6.45, 7) is 0.104. The van der Waals surface area contributed by atoms with E-state index in [1.807, 2.05) is 0 Å². The zero-order valence-corrected chi connectivity index (χ0v) is 15.5. The number of nitrogens with zero attached hydrogens (tertiary/aromatic N) is 3. The number of rotatable bonds is 3. The molecule has 0 atom stereocenters. The van der Waals surface area contributed by atoms with Gasteiger partial charge >= 0.3 is 6.18 Å². The molecule has 0 saturated carbocycles. The smallest absolute Gasteiger partial charge is 0.398 e. The molecule has 0 fully saturated rings. The van der Waals surface area contributed by atoms with Crippen LogP contribution in [-0.2, 0) is 12.7 Å². The maximum Gasteiger partial charge on any atom is 0.419 e. The molecule has 144 valence electrons. The zero-order chi connectivity index (χ0) is 20.1. The summed E-state index contributed by atoms with van der Waals surface area (Å²) in [5, 5.41) is 4.72. The summed E-state index contributed by atoms with van der Waals surface area (Å²) in [5.74, 6) is 0.438. The topological polar surface area (TPSA) is 69.9 Å². The first-order valence-electron chi connectivity index (χ1n) is 7.96. The van der Waals surface area contributed by atoms with Gasteiger partial charge in [-0.15, -0.1) is 0 Å². The average Bonchev–Trinajstić information content (AvgIpc) is 3.23. The maximum absolute atomic E-state index is 13.3. The molecule has 2 heterocycles. The molecular weight excluding hydrogens is 416 g/mol. The Morgan fingerprint density at radius 3 is 2.64 bits per heavy atom. The Hall–Kier alpha value is -2.71. The maximum atomic E-state index is 13.3. The molecule has 0 aliphatic heterocycles. The number of hydrogen-bond donors (Lipinski definition) is 1. The fourth-order valence-electron chi connectivity index (χ4n) is 2.98. The van der Waals surface area contributed by atoms with Crippen LogP contribution in [0.3, 0.4) is 0 Å². The Balaban J connectivity index is 1.70. The third-order valence-electron chi connectivity index (χ3n) is 4.21. The second-order valence-corrected chi connectivity index (χ2v) is 6.89. The fourth-order valence-corrected chi connectivity index (χ4v) is 3.36. The molecule has 28 heavy (non-hydrogen) atoms.